The molecule has 20 heavy (non-hydrogen) atoms. The van der Waals surface area contributed by atoms with Gasteiger partial charge in [-0.25, -0.2) is 9.78 Å². The smallest absolute Gasteiger partial charge is 0.323 e. The molecule has 1 N–H and O–H groups in total. The van der Waals surface area contributed by atoms with E-state index in [4.69, 9.17) is 0 Å². The fourth-order valence-corrected chi connectivity index (χ4v) is 3.74. The molecular weight excluding hydrogens is 274 g/mol. The summed E-state index contributed by atoms with van der Waals surface area (Å²) in [4.78, 5) is 30.5. The minimum absolute atomic E-state index is 0.0601. The number of aryl methyl sites for hydroxylation is 1. The number of carbonyl (C=O) groups excluding carboxylic acids is 2. The first-order chi connectivity index (χ1) is 9.61. The topological polar surface area (TPSA) is 62.3 Å². The number of nitrogens with zero attached hydrogens (tertiary/aromatic N) is 2. The van der Waals surface area contributed by atoms with Gasteiger partial charge in [-0.1, -0.05) is 25.7 Å². The van der Waals surface area contributed by atoms with Gasteiger partial charge in [0.25, 0.3) is 5.91 Å². The Morgan fingerprint density at radius 2 is 2.00 bits per heavy atom. The lowest BCUT2D eigenvalue weighted by Gasteiger charge is -2.24. The second kappa shape index (κ2) is 5.16. The molecule has 0 atom stereocenters. The van der Waals surface area contributed by atoms with Crippen LogP contribution in [-0.2, 0) is 11.3 Å². The normalized spacial score (nSPS) is 22.1. The lowest BCUT2D eigenvalue weighted by molar-refractivity contribution is -0.132. The summed E-state index contributed by atoms with van der Waals surface area (Å²) in [6.07, 6.45) is 5.85. The number of hydrogen-bond donors (Lipinski definition) is 1. The highest BCUT2D eigenvalue weighted by Gasteiger charge is 2.50. The third-order valence-electron chi connectivity index (χ3n) is 4.19. The molecule has 0 unspecified atom stereocenters. The van der Waals surface area contributed by atoms with Crippen LogP contribution in [0.2, 0.25) is 0 Å². The molecule has 6 heteroatoms. The summed E-state index contributed by atoms with van der Waals surface area (Å²) in [5.41, 5.74) is 0.153. The standard InChI is InChI=1S/C14H19N3O2S/c1-10-15-11(9-20-10)8-17-12(18)14(16-13(17)19)6-4-2-3-5-7-14/h9H,2-8H2,1H3,(H,16,19). The van der Waals surface area contributed by atoms with E-state index in [1.54, 1.807) is 0 Å². The van der Waals surface area contributed by atoms with E-state index in [-0.39, 0.29) is 18.5 Å². The van der Waals surface area contributed by atoms with Crippen molar-refractivity contribution in [3.8, 4) is 0 Å². The van der Waals surface area contributed by atoms with Crippen molar-refractivity contribution >= 4 is 23.3 Å². The molecule has 0 aromatic carbocycles. The highest BCUT2D eigenvalue weighted by atomic mass is 32.1. The maximum Gasteiger partial charge on any atom is 0.325 e. The molecule has 1 saturated heterocycles. The van der Waals surface area contributed by atoms with E-state index >= 15 is 0 Å². The van der Waals surface area contributed by atoms with Crippen molar-refractivity contribution in [3.63, 3.8) is 0 Å². The Morgan fingerprint density at radius 1 is 1.30 bits per heavy atom. The van der Waals surface area contributed by atoms with Gasteiger partial charge in [-0.3, -0.25) is 9.69 Å². The Kier molecular flexibility index (Phi) is 3.50. The van der Waals surface area contributed by atoms with E-state index in [0.717, 1.165) is 49.2 Å². The summed E-state index contributed by atoms with van der Waals surface area (Å²) in [5, 5.41) is 5.81. The zero-order valence-corrected chi connectivity index (χ0v) is 12.5. The van der Waals surface area contributed by atoms with Crippen molar-refractivity contribution in [2.75, 3.05) is 0 Å². The first kappa shape index (κ1) is 13.5. The molecule has 2 aliphatic rings. The summed E-state index contributed by atoms with van der Waals surface area (Å²) < 4.78 is 0. The highest BCUT2D eigenvalue weighted by Crippen LogP contribution is 2.33. The molecule has 0 bridgehead atoms. The zero-order chi connectivity index (χ0) is 14.2. The molecular formula is C14H19N3O2S. The molecule has 3 amide bonds. The Morgan fingerprint density at radius 3 is 2.60 bits per heavy atom. The number of imide groups is 1. The molecule has 108 valence electrons. The van der Waals surface area contributed by atoms with Gasteiger partial charge in [0, 0.05) is 5.38 Å². The number of hydrogen-bond acceptors (Lipinski definition) is 4. The molecule has 5 nitrogen and oxygen atoms in total. The summed E-state index contributed by atoms with van der Waals surface area (Å²) in [6.45, 7) is 2.21. The van der Waals surface area contributed by atoms with Gasteiger partial charge in [-0.05, 0) is 19.8 Å². The summed E-state index contributed by atoms with van der Waals surface area (Å²) in [5.74, 6) is -0.0601. The monoisotopic (exact) mass is 293 g/mol. The number of thiazole rings is 1. The maximum absolute atomic E-state index is 12.7. The van der Waals surface area contributed by atoms with Crippen LogP contribution < -0.4 is 5.32 Å². The molecule has 1 saturated carbocycles. The third-order valence-corrected chi connectivity index (χ3v) is 5.01. The van der Waals surface area contributed by atoms with Crippen molar-refractivity contribution < 1.29 is 9.59 Å². The van der Waals surface area contributed by atoms with Crippen molar-refractivity contribution in [2.24, 2.45) is 0 Å². The third kappa shape index (κ3) is 2.32. The van der Waals surface area contributed by atoms with Crippen LogP contribution in [-0.4, -0.2) is 27.4 Å². The van der Waals surface area contributed by atoms with Crippen LogP contribution in [0.4, 0.5) is 4.79 Å². The van der Waals surface area contributed by atoms with Gasteiger partial charge >= 0.3 is 6.03 Å². The molecule has 1 aromatic heterocycles. The minimum Gasteiger partial charge on any atom is -0.323 e. The predicted octanol–water partition coefficient (Wildman–Crippen LogP) is 2.60. The average molecular weight is 293 g/mol. The molecule has 2 heterocycles. The summed E-state index contributed by atoms with van der Waals surface area (Å²) >= 11 is 1.54. The number of aromatic nitrogens is 1. The van der Waals surface area contributed by atoms with E-state index < -0.39 is 5.54 Å². The Bertz CT molecular complexity index is 532. The van der Waals surface area contributed by atoms with Crippen LogP contribution in [0.1, 0.15) is 49.2 Å². The number of nitrogens with one attached hydrogen (secondary N) is 1. The van der Waals surface area contributed by atoms with Crippen LogP contribution in [0.15, 0.2) is 5.38 Å². The quantitative estimate of drug-likeness (QED) is 0.853. The fourth-order valence-electron chi connectivity index (χ4n) is 3.13. The van der Waals surface area contributed by atoms with E-state index in [1.807, 2.05) is 12.3 Å². The minimum atomic E-state index is -0.640. The molecule has 1 aromatic rings. The first-order valence-electron chi connectivity index (χ1n) is 7.16. The summed E-state index contributed by atoms with van der Waals surface area (Å²) in [6, 6.07) is -0.262. The number of rotatable bonds is 2. The highest BCUT2D eigenvalue weighted by molar-refractivity contribution is 7.09. The molecule has 0 radical (unpaired) electrons. The lowest BCUT2D eigenvalue weighted by atomic mass is 9.90. The fraction of sp³-hybridized carbons (Fsp3) is 0.643. The van der Waals surface area contributed by atoms with Crippen LogP contribution in [0.25, 0.3) is 0 Å². The largest absolute Gasteiger partial charge is 0.325 e. The van der Waals surface area contributed by atoms with Gasteiger partial charge in [0.2, 0.25) is 0 Å². The van der Waals surface area contributed by atoms with Gasteiger partial charge in [-0.2, -0.15) is 0 Å². The zero-order valence-electron chi connectivity index (χ0n) is 11.6. The average Bonchev–Trinajstić information content (AvgIpc) is 2.80. The van der Waals surface area contributed by atoms with Crippen molar-refractivity contribution in [1.29, 1.82) is 0 Å². The SMILES string of the molecule is Cc1nc(CN2C(=O)NC3(CCCCCC3)C2=O)cs1. The molecule has 1 aliphatic heterocycles. The summed E-state index contributed by atoms with van der Waals surface area (Å²) in [7, 11) is 0. The lowest BCUT2D eigenvalue weighted by Crippen LogP contribution is -2.46. The number of carbonyl (C=O) groups is 2. The van der Waals surface area contributed by atoms with Gasteiger partial charge < -0.3 is 5.32 Å². The number of urea groups is 1. The Labute approximate surface area is 122 Å². The van der Waals surface area contributed by atoms with Crippen molar-refractivity contribution in [3.05, 3.63) is 16.1 Å². The Hall–Kier alpha value is -1.43. The molecule has 1 spiro atoms. The molecule has 2 fully saturated rings. The Balaban J connectivity index is 1.79. The first-order valence-corrected chi connectivity index (χ1v) is 8.04. The van der Waals surface area contributed by atoms with Crippen LogP contribution in [0, 0.1) is 6.92 Å². The molecule has 1 aliphatic carbocycles. The van der Waals surface area contributed by atoms with E-state index in [2.05, 4.69) is 10.3 Å². The van der Waals surface area contributed by atoms with Crippen LogP contribution in [0.3, 0.4) is 0 Å². The van der Waals surface area contributed by atoms with E-state index in [9.17, 15) is 9.59 Å². The van der Waals surface area contributed by atoms with Gasteiger partial charge in [-0.15, -0.1) is 11.3 Å². The van der Waals surface area contributed by atoms with E-state index in [0.29, 0.717) is 0 Å². The van der Waals surface area contributed by atoms with Crippen LogP contribution >= 0.6 is 11.3 Å². The van der Waals surface area contributed by atoms with Gasteiger partial charge in [0.05, 0.1) is 17.2 Å². The van der Waals surface area contributed by atoms with Crippen molar-refractivity contribution in [1.82, 2.24) is 15.2 Å². The van der Waals surface area contributed by atoms with Crippen LogP contribution in [0.5, 0.6) is 0 Å². The second-order valence-corrected chi connectivity index (χ2v) is 6.74. The van der Waals surface area contributed by atoms with Gasteiger partial charge in [0.15, 0.2) is 0 Å². The van der Waals surface area contributed by atoms with Crippen molar-refractivity contribution in [2.45, 2.75) is 57.5 Å². The van der Waals surface area contributed by atoms with E-state index in [1.165, 1.54) is 16.2 Å². The second-order valence-electron chi connectivity index (χ2n) is 5.68. The number of amides is 3. The van der Waals surface area contributed by atoms with Gasteiger partial charge in [0.1, 0.15) is 5.54 Å². The maximum atomic E-state index is 12.7. The predicted molar refractivity (Wildman–Crippen MR) is 76.4 cm³/mol. The molecule has 3 rings (SSSR count).